The molecule has 0 N–H and O–H groups in total. The summed E-state index contributed by atoms with van der Waals surface area (Å²) in [4.78, 5) is 42.2. The molecule has 47 heavy (non-hydrogen) atoms. The van der Waals surface area contributed by atoms with Gasteiger partial charge in [-0.25, -0.2) is 17.9 Å². The molecule has 16 heteroatoms. The van der Waals surface area contributed by atoms with Crippen molar-refractivity contribution in [2.24, 2.45) is 5.16 Å². The Morgan fingerprint density at radius 3 is 2.15 bits per heavy atom. The number of oxime groups is 1. The first-order chi connectivity index (χ1) is 22.4. The molecule has 3 heterocycles. The van der Waals surface area contributed by atoms with Crippen molar-refractivity contribution in [3.05, 3.63) is 65.6 Å². The smallest absolute Gasteiger partial charge is 0.303 e. The van der Waals surface area contributed by atoms with Crippen LogP contribution in [0.3, 0.4) is 0 Å². The van der Waals surface area contributed by atoms with E-state index in [0.29, 0.717) is 17.9 Å². The van der Waals surface area contributed by atoms with Crippen LogP contribution in [0.15, 0.2) is 47.8 Å². The molecule has 1 fully saturated rings. The van der Waals surface area contributed by atoms with Crippen molar-refractivity contribution in [1.29, 1.82) is 0 Å². The number of hydrogen-bond donors (Lipinski definition) is 0. The number of nitrogens with zero attached hydrogens (tertiary/aromatic N) is 4. The van der Waals surface area contributed by atoms with Crippen LogP contribution >= 0.6 is 0 Å². The van der Waals surface area contributed by atoms with Crippen LogP contribution in [0, 0.1) is 17.5 Å². The molecule has 0 saturated carbocycles. The van der Waals surface area contributed by atoms with Crippen molar-refractivity contribution in [2.75, 3.05) is 13.7 Å². The summed E-state index contributed by atoms with van der Waals surface area (Å²) < 4.78 is 71.0. The Morgan fingerprint density at radius 1 is 0.915 bits per heavy atom. The molecule has 0 bridgehead atoms. The van der Waals surface area contributed by atoms with E-state index < -0.39 is 71.9 Å². The van der Waals surface area contributed by atoms with E-state index in [9.17, 15) is 27.6 Å². The van der Waals surface area contributed by atoms with Gasteiger partial charge in [-0.15, -0.1) is 5.10 Å². The highest BCUT2D eigenvalue weighted by Crippen LogP contribution is 2.38. The number of rotatable bonds is 10. The minimum absolute atomic E-state index is 0.0674. The molecule has 5 rings (SSSR count). The zero-order valence-electron chi connectivity index (χ0n) is 25.7. The van der Waals surface area contributed by atoms with Gasteiger partial charge in [-0.3, -0.25) is 14.4 Å². The van der Waals surface area contributed by atoms with E-state index in [2.05, 4.69) is 15.5 Å². The van der Waals surface area contributed by atoms with Gasteiger partial charge in [-0.05, 0) is 42.0 Å². The zero-order valence-corrected chi connectivity index (χ0v) is 25.7. The van der Waals surface area contributed by atoms with Gasteiger partial charge >= 0.3 is 17.9 Å². The first-order valence-corrected chi connectivity index (χ1v) is 14.5. The van der Waals surface area contributed by atoms with Crippen LogP contribution in [0.5, 0.6) is 5.75 Å². The Bertz CT molecular complexity index is 1640. The van der Waals surface area contributed by atoms with Crippen molar-refractivity contribution < 1.29 is 56.1 Å². The number of aromatic nitrogens is 3. The summed E-state index contributed by atoms with van der Waals surface area (Å²) in [5, 5.41) is 12.3. The maximum atomic E-state index is 14.0. The zero-order chi connectivity index (χ0) is 33.8. The van der Waals surface area contributed by atoms with Crippen LogP contribution < -0.4 is 4.74 Å². The fourth-order valence-electron chi connectivity index (χ4n) is 5.53. The summed E-state index contributed by atoms with van der Waals surface area (Å²) in [6.07, 6.45) is -3.33. The third-order valence-electron chi connectivity index (χ3n) is 7.56. The standard InChI is InChI=1S/C31H31F3N4O9/c1-15(39)43-14-27-31(45-17(3)41)29(38-13-25(35-37-38)19-9-22(32)28(34)23(33)10-19)30(44-16(2)40)26(46-27)12-21-11-24(36-47-21)18-5-7-20(42-4)8-6-18/h5-10,13,21,26-27,29-31H,11-12,14H2,1-4H3/t21?,26-,27-,29-,30+,31+/m1/s1. The fourth-order valence-corrected chi connectivity index (χ4v) is 5.53. The van der Waals surface area contributed by atoms with E-state index in [-0.39, 0.29) is 24.3 Å². The van der Waals surface area contributed by atoms with Crippen molar-refractivity contribution in [3.63, 3.8) is 0 Å². The Hall–Kier alpha value is -4.99. The van der Waals surface area contributed by atoms with Crippen LogP contribution in [-0.2, 0) is 38.2 Å². The molecule has 0 radical (unpaired) electrons. The Balaban J connectivity index is 1.49. The Morgan fingerprint density at radius 2 is 1.55 bits per heavy atom. The summed E-state index contributed by atoms with van der Waals surface area (Å²) in [5.74, 6) is -5.95. The molecular weight excluding hydrogens is 629 g/mol. The molecule has 1 unspecified atom stereocenters. The van der Waals surface area contributed by atoms with Gasteiger partial charge in [0.2, 0.25) is 0 Å². The number of hydrogen-bond acceptors (Lipinski definition) is 12. The van der Waals surface area contributed by atoms with Crippen LogP contribution in [-0.4, -0.2) is 82.8 Å². The van der Waals surface area contributed by atoms with Gasteiger partial charge in [0.25, 0.3) is 0 Å². The predicted octanol–water partition coefficient (Wildman–Crippen LogP) is 3.69. The first kappa shape index (κ1) is 33.4. The van der Waals surface area contributed by atoms with E-state index in [1.165, 1.54) is 24.7 Å². The van der Waals surface area contributed by atoms with Gasteiger partial charge in [0.05, 0.1) is 19.0 Å². The Labute approximate surface area is 266 Å². The lowest BCUT2D eigenvalue weighted by atomic mass is 9.88. The molecule has 6 atom stereocenters. The highest BCUT2D eigenvalue weighted by Gasteiger charge is 2.52. The largest absolute Gasteiger partial charge is 0.497 e. The predicted molar refractivity (Wildman–Crippen MR) is 154 cm³/mol. The monoisotopic (exact) mass is 660 g/mol. The molecule has 0 spiro atoms. The molecule has 3 aromatic rings. The van der Waals surface area contributed by atoms with E-state index in [1.807, 2.05) is 12.1 Å². The van der Waals surface area contributed by atoms with Gasteiger partial charge in [0.1, 0.15) is 42.4 Å². The van der Waals surface area contributed by atoms with E-state index in [4.69, 9.17) is 28.5 Å². The quantitative estimate of drug-likeness (QED) is 0.178. The maximum absolute atomic E-state index is 14.0. The molecule has 0 amide bonds. The van der Waals surface area contributed by atoms with Crippen LogP contribution in [0.1, 0.15) is 45.2 Å². The van der Waals surface area contributed by atoms with Gasteiger partial charge in [-0.1, -0.05) is 10.4 Å². The van der Waals surface area contributed by atoms with Crippen molar-refractivity contribution >= 4 is 23.6 Å². The highest BCUT2D eigenvalue weighted by atomic mass is 19.2. The molecule has 13 nitrogen and oxygen atoms in total. The molecule has 1 saturated heterocycles. The van der Waals surface area contributed by atoms with Crippen LogP contribution in [0.25, 0.3) is 11.3 Å². The first-order valence-electron chi connectivity index (χ1n) is 14.5. The second-order valence-corrected chi connectivity index (χ2v) is 10.9. The van der Waals surface area contributed by atoms with Gasteiger partial charge in [0.15, 0.2) is 29.7 Å². The molecule has 2 aliphatic rings. The van der Waals surface area contributed by atoms with Gasteiger partial charge < -0.3 is 28.5 Å². The number of carbonyl (C=O) groups is 3. The van der Waals surface area contributed by atoms with E-state index in [1.54, 1.807) is 19.2 Å². The fraction of sp³-hybridized carbons (Fsp3) is 0.419. The van der Waals surface area contributed by atoms with Gasteiger partial charge in [-0.2, -0.15) is 0 Å². The lowest BCUT2D eigenvalue weighted by Crippen LogP contribution is -2.59. The number of ether oxygens (including phenoxy) is 5. The van der Waals surface area contributed by atoms with Crippen LogP contribution in [0.4, 0.5) is 13.2 Å². The lowest BCUT2D eigenvalue weighted by molar-refractivity contribution is -0.233. The van der Waals surface area contributed by atoms with Gasteiger partial charge in [0, 0.05) is 39.2 Å². The Kier molecular flexibility index (Phi) is 10.1. The number of methoxy groups -OCH3 is 1. The van der Waals surface area contributed by atoms with Crippen molar-refractivity contribution in [2.45, 2.75) is 70.2 Å². The normalized spacial score (nSPS) is 23.8. The molecule has 250 valence electrons. The van der Waals surface area contributed by atoms with Crippen molar-refractivity contribution in [1.82, 2.24) is 15.0 Å². The topological polar surface area (TPSA) is 150 Å². The lowest BCUT2D eigenvalue weighted by Gasteiger charge is -2.45. The van der Waals surface area contributed by atoms with E-state index in [0.717, 1.165) is 24.6 Å². The third-order valence-corrected chi connectivity index (χ3v) is 7.56. The number of esters is 3. The highest BCUT2D eigenvalue weighted by molar-refractivity contribution is 6.01. The molecule has 2 aromatic carbocycles. The average Bonchev–Trinajstić information content (AvgIpc) is 3.70. The number of carbonyl (C=O) groups excluding carboxylic acids is 3. The van der Waals surface area contributed by atoms with Crippen molar-refractivity contribution in [3.8, 4) is 17.0 Å². The SMILES string of the molecule is COc1ccc(C2=NOC(C[C@H]3O[C@H](COC(C)=O)[C@H](OC(C)=O)[C@H](n4cc(-c5cc(F)c(F)c(F)c5)nn4)[C@H]3OC(C)=O)C2)cc1. The maximum Gasteiger partial charge on any atom is 0.303 e. The molecule has 2 aliphatic heterocycles. The van der Waals surface area contributed by atoms with E-state index >= 15 is 0 Å². The summed E-state index contributed by atoms with van der Waals surface area (Å²) in [6, 6.07) is 7.57. The number of benzene rings is 2. The third kappa shape index (κ3) is 7.70. The molecular formula is C31H31F3N4O9. The summed E-state index contributed by atoms with van der Waals surface area (Å²) in [7, 11) is 1.56. The number of halogens is 3. The summed E-state index contributed by atoms with van der Waals surface area (Å²) in [5.41, 5.74) is 1.26. The second kappa shape index (κ2) is 14.2. The average molecular weight is 661 g/mol. The summed E-state index contributed by atoms with van der Waals surface area (Å²) >= 11 is 0. The summed E-state index contributed by atoms with van der Waals surface area (Å²) in [6.45, 7) is 3.15. The molecule has 1 aromatic heterocycles. The minimum atomic E-state index is -1.65. The second-order valence-electron chi connectivity index (χ2n) is 10.9. The van der Waals surface area contributed by atoms with Crippen LogP contribution in [0.2, 0.25) is 0 Å². The molecule has 0 aliphatic carbocycles. The minimum Gasteiger partial charge on any atom is -0.497 e.